The summed E-state index contributed by atoms with van der Waals surface area (Å²) in [6, 6.07) is 6.35. The second-order valence-corrected chi connectivity index (χ2v) is 14.7. The zero-order chi connectivity index (χ0) is 31.8. The monoisotopic (exact) mass is 667 g/mol. The van der Waals surface area contributed by atoms with Gasteiger partial charge in [0.1, 0.15) is 41.0 Å². The minimum absolute atomic E-state index is 0.00623. The molecule has 1 unspecified atom stereocenters. The number of nitriles is 1. The molecule has 0 aliphatic carbocycles. The number of aromatic nitrogens is 2. The lowest BCUT2D eigenvalue weighted by atomic mass is 9.87. The van der Waals surface area contributed by atoms with E-state index < -0.39 is 23.3 Å². The normalized spacial score (nSPS) is 26.4. The molecule has 2 aromatic heterocycles. The molecule has 4 aliphatic rings. The largest absolute Gasteiger partial charge is 0.461 e. The maximum atomic E-state index is 17.0. The lowest BCUT2D eigenvalue weighted by molar-refractivity contribution is 0.107. The summed E-state index contributed by atoms with van der Waals surface area (Å²) in [7, 11) is 0. The van der Waals surface area contributed by atoms with E-state index in [0.29, 0.717) is 30.7 Å². The predicted octanol–water partition coefficient (Wildman–Crippen LogP) is 6.57. The molecule has 8 nitrogen and oxygen atoms in total. The SMILES string of the molecule is N#Cc1c(N)sc2c(F)ccc(-c3c(Cl)cc4c(N5CCCC6(CCCN6)C5)nc(OC[C@@]56CCCN5C[C@H](F)C6)nc4c3F)c12. The van der Waals surface area contributed by atoms with Gasteiger partial charge in [-0.1, -0.05) is 17.7 Å². The molecule has 2 aromatic carbocycles. The van der Waals surface area contributed by atoms with Crippen LogP contribution in [-0.4, -0.2) is 71.4 Å². The number of nitrogen functional groups attached to an aromatic ring is 1. The number of piperidine rings is 1. The molecule has 4 aromatic rings. The van der Waals surface area contributed by atoms with Crippen molar-refractivity contribution in [3.8, 4) is 23.2 Å². The molecule has 13 heteroatoms. The summed E-state index contributed by atoms with van der Waals surface area (Å²) in [6.45, 7) is 3.76. The zero-order valence-corrected chi connectivity index (χ0v) is 26.7. The van der Waals surface area contributed by atoms with Crippen LogP contribution in [-0.2, 0) is 0 Å². The van der Waals surface area contributed by atoms with Crippen LogP contribution in [0.4, 0.5) is 24.0 Å². The lowest BCUT2D eigenvalue weighted by Gasteiger charge is -2.41. The van der Waals surface area contributed by atoms with Gasteiger partial charge in [0.15, 0.2) is 5.82 Å². The average Bonchev–Trinajstić information content (AvgIpc) is 3.80. The first-order chi connectivity index (χ1) is 22.2. The number of nitrogens with zero attached hydrogens (tertiary/aromatic N) is 5. The molecule has 46 heavy (non-hydrogen) atoms. The molecule has 0 bridgehead atoms. The summed E-state index contributed by atoms with van der Waals surface area (Å²) in [5.41, 5.74) is 5.92. The van der Waals surface area contributed by atoms with Crippen molar-refractivity contribution in [3.63, 3.8) is 0 Å². The highest BCUT2D eigenvalue weighted by molar-refractivity contribution is 7.23. The number of nitrogens with two attached hydrogens (primary N) is 1. The van der Waals surface area contributed by atoms with Crippen LogP contribution >= 0.6 is 22.9 Å². The summed E-state index contributed by atoms with van der Waals surface area (Å²) in [5, 5.41) is 14.4. The summed E-state index contributed by atoms with van der Waals surface area (Å²) in [4.78, 5) is 13.8. The van der Waals surface area contributed by atoms with E-state index >= 15 is 4.39 Å². The number of rotatable bonds is 5. The Bertz CT molecular complexity index is 1930. The Labute approximate surface area is 273 Å². The Balaban J connectivity index is 1.29. The Morgan fingerprint density at radius 2 is 2.00 bits per heavy atom. The maximum Gasteiger partial charge on any atom is 0.319 e. The molecule has 1 spiro atoms. The summed E-state index contributed by atoms with van der Waals surface area (Å²) >= 11 is 7.81. The molecule has 4 saturated heterocycles. The second-order valence-electron chi connectivity index (χ2n) is 13.2. The fraction of sp³-hybridized carbons (Fsp3) is 0.485. The molecule has 4 aliphatic heterocycles. The van der Waals surface area contributed by atoms with Gasteiger partial charge in [0, 0.05) is 47.9 Å². The Morgan fingerprint density at radius 1 is 1.17 bits per heavy atom. The summed E-state index contributed by atoms with van der Waals surface area (Å²) in [5.74, 6) is -0.761. The van der Waals surface area contributed by atoms with Gasteiger partial charge in [0.2, 0.25) is 0 Å². The number of fused-ring (bicyclic) bond motifs is 3. The Kier molecular flexibility index (Phi) is 7.25. The smallest absolute Gasteiger partial charge is 0.319 e. The van der Waals surface area contributed by atoms with Crippen molar-refractivity contribution >= 4 is 54.7 Å². The van der Waals surface area contributed by atoms with Crippen LogP contribution in [0.2, 0.25) is 5.02 Å². The van der Waals surface area contributed by atoms with Crippen molar-refractivity contribution in [1.29, 1.82) is 5.26 Å². The fourth-order valence-corrected chi connectivity index (χ4v) is 9.64. The van der Waals surface area contributed by atoms with Gasteiger partial charge in [-0.05, 0) is 69.3 Å². The van der Waals surface area contributed by atoms with Gasteiger partial charge in [-0.25, -0.2) is 13.2 Å². The second kappa shape index (κ2) is 11.1. The van der Waals surface area contributed by atoms with Crippen LogP contribution in [0.15, 0.2) is 18.2 Å². The van der Waals surface area contributed by atoms with E-state index in [1.54, 1.807) is 6.07 Å². The van der Waals surface area contributed by atoms with E-state index in [2.05, 4.69) is 20.1 Å². The number of benzene rings is 2. The van der Waals surface area contributed by atoms with Crippen LogP contribution in [0.3, 0.4) is 0 Å². The van der Waals surface area contributed by atoms with Crippen LogP contribution < -0.4 is 20.7 Å². The third kappa shape index (κ3) is 4.69. The number of ether oxygens (including phenoxy) is 1. The topological polar surface area (TPSA) is 103 Å². The van der Waals surface area contributed by atoms with Crippen molar-refractivity contribution in [2.24, 2.45) is 0 Å². The van der Waals surface area contributed by atoms with Crippen molar-refractivity contribution in [2.75, 3.05) is 50.0 Å². The summed E-state index contributed by atoms with van der Waals surface area (Å²) < 4.78 is 52.8. The molecule has 3 N–H and O–H groups in total. The number of nitrogens with one attached hydrogen (secondary N) is 1. The molecule has 6 heterocycles. The number of halogens is 4. The van der Waals surface area contributed by atoms with E-state index in [0.717, 1.165) is 69.5 Å². The highest BCUT2D eigenvalue weighted by atomic mass is 35.5. The quantitative estimate of drug-likeness (QED) is 0.246. The van der Waals surface area contributed by atoms with Crippen LogP contribution in [0.1, 0.15) is 50.5 Å². The number of alkyl halides is 1. The van der Waals surface area contributed by atoms with Gasteiger partial charge in [-0.3, -0.25) is 4.90 Å². The van der Waals surface area contributed by atoms with E-state index in [4.69, 9.17) is 27.1 Å². The lowest BCUT2D eigenvalue weighted by Crippen LogP contribution is -2.54. The molecule has 3 atom stereocenters. The molecule has 240 valence electrons. The van der Waals surface area contributed by atoms with E-state index in [1.807, 2.05) is 6.07 Å². The first-order valence-corrected chi connectivity index (χ1v) is 17.0. The molecule has 0 amide bonds. The Morgan fingerprint density at radius 3 is 2.80 bits per heavy atom. The molecule has 4 fully saturated rings. The molecule has 8 rings (SSSR count). The molecule has 0 radical (unpaired) electrons. The highest BCUT2D eigenvalue weighted by Crippen LogP contribution is 2.46. The van der Waals surface area contributed by atoms with Gasteiger partial charge in [0.05, 0.1) is 20.8 Å². The number of hydrogen-bond acceptors (Lipinski definition) is 9. The van der Waals surface area contributed by atoms with Gasteiger partial charge < -0.3 is 20.7 Å². The van der Waals surface area contributed by atoms with Crippen LogP contribution in [0.5, 0.6) is 6.01 Å². The van der Waals surface area contributed by atoms with E-state index in [1.165, 1.54) is 12.1 Å². The number of thiophene rings is 1. The van der Waals surface area contributed by atoms with Crippen LogP contribution in [0, 0.1) is 23.0 Å². The zero-order valence-electron chi connectivity index (χ0n) is 25.1. The van der Waals surface area contributed by atoms with Crippen molar-refractivity contribution in [1.82, 2.24) is 20.2 Å². The van der Waals surface area contributed by atoms with Gasteiger partial charge >= 0.3 is 6.01 Å². The van der Waals surface area contributed by atoms with Crippen molar-refractivity contribution in [3.05, 3.63) is 40.4 Å². The van der Waals surface area contributed by atoms with Crippen molar-refractivity contribution < 1.29 is 17.9 Å². The first kappa shape index (κ1) is 30.0. The van der Waals surface area contributed by atoms with Crippen molar-refractivity contribution in [2.45, 2.75) is 62.2 Å². The van der Waals surface area contributed by atoms with Gasteiger partial charge in [0.25, 0.3) is 0 Å². The fourth-order valence-electron chi connectivity index (χ4n) is 8.40. The van der Waals surface area contributed by atoms with E-state index in [9.17, 15) is 14.0 Å². The van der Waals surface area contributed by atoms with E-state index in [-0.39, 0.29) is 60.5 Å². The minimum Gasteiger partial charge on any atom is -0.461 e. The molecular weight excluding hydrogens is 635 g/mol. The van der Waals surface area contributed by atoms with Gasteiger partial charge in [-0.2, -0.15) is 15.2 Å². The third-order valence-electron chi connectivity index (χ3n) is 10.5. The Hall–Kier alpha value is -3.37. The third-order valence-corrected chi connectivity index (χ3v) is 11.8. The number of hydrogen-bond donors (Lipinski definition) is 2. The number of anilines is 2. The summed E-state index contributed by atoms with van der Waals surface area (Å²) in [6.07, 6.45) is 5.36. The van der Waals surface area contributed by atoms with Crippen LogP contribution in [0.25, 0.3) is 32.1 Å². The minimum atomic E-state index is -0.917. The first-order valence-electron chi connectivity index (χ1n) is 15.8. The average molecular weight is 668 g/mol. The highest BCUT2D eigenvalue weighted by Gasteiger charge is 2.49. The maximum absolute atomic E-state index is 17.0. The molecular formula is C33H33ClF3N7OS. The molecule has 0 saturated carbocycles. The van der Waals surface area contributed by atoms with Gasteiger partial charge in [-0.15, -0.1) is 11.3 Å². The standard InChI is InChI=1S/C33H33ClF3N7OS/c34-22-12-20-27(26(37)25(22)19-4-5-23(36)28-24(19)21(14-38)29(39)46-28)41-31(45-17-33-8-3-11-44(33)15-18(35)13-33)42-30(20)43-10-2-7-32(16-43)6-1-9-40-32/h4-5,12,18,40H,1-3,6-11,13,15-17,39H2/t18-,32?,33+/m1/s1. The predicted molar refractivity (Wildman–Crippen MR) is 174 cm³/mol.